The van der Waals surface area contributed by atoms with Crippen LogP contribution in [0.25, 0.3) is 11.3 Å². The van der Waals surface area contributed by atoms with E-state index in [-0.39, 0.29) is 10.8 Å². The molecule has 0 saturated heterocycles. The number of carbonyl (C=O) groups excluding carboxylic acids is 1. The van der Waals surface area contributed by atoms with Crippen molar-refractivity contribution in [3.8, 4) is 11.3 Å². The molecule has 0 spiro atoms. The zero-order valence-electron chi connectivity index (χ0n) is 16.9. The van der Waals surface area contributed by atoms with Crippen LogP contribution in [0.5, 0.6) is 0 Å². The molecule has 2 aromatic carbocycles. The number of aromatic nitrogens is 2. The fraction of sp³-hybridized carbons (Fsp3) is 0.238. The zero-order chi connectivity index (χ0) is 23.0. The number of aromatic amines is 1. The number of fused-ring (bicyclic) bond motifs is 1. The van der Waals surface area contributed by atoms with Gasteiger partial charge in [-0.2, -0.15) is 5.10 Å². The second-order valence-corrected chi connectivity index (χ2v) is 9.97. The van der Waals surface area contributed by atoms with Crippen LogP contribution in [0.15, 0.2) is 47.4 Å². The Kier molecular flexibility index (Phi) is 6.28. The lowest BCUT2D eigenvalue weighted by molar-refractivity contribution is -0.133. The minimum absolute atomic E-state index is 0.0245. The van der Waals surface area contributed by atoms with Crippen molar-refractivity contribution in [1.82, 2.24) is 15.1 Å². The third kappa shape index (κ3) is 4.39. The molecular weight excluding hydrogens is 473 g/mol. The van der Waals surface area contributed by atoms with Gasteiger partial charge in [-0.1, -0.05) is 41.4 Å². The quantitative estimate of drug-likeness (QED) is 0.484. The monoisotopic (exact) mass is 493 g/mol. The number of H-pyrrole nitrogens is 1. The predicted molar refractivity (Wildman–Crippen MR) is 123 cm³/mol. The average Bonchev–Trinajstić information content (AvgIpc) is 3.34. The number of carbonyl (C=O) groups is 1. The number of hydrogen-bond donors (Lipinski definition) is 3. The van der Waals surface area contributed by atoms with Gasteiger partial charge in [0.2, 0.25) is 15.9 Å². The molecule has 2 heterocycles. The molecule has 168 valence electrons. The molecule has 0 bridgehead atoms. The first-order valence-electron chi connectivity index (χ1n) is 9.82. The summed E-state index contributed by atoms with van der Waals surface area (Å²) in [6, 6.07) is 11.3. The summed E-state index contributed by atoms with van der Waals surface area (Å²) in [4.78, 5) is 15.1. The van der Waals surface area contributed by atoms with Crippen molar-refractivity contribution in [2.75, 3.05) is 6.54 Å². The van der Waals surface area contributed by atoms with Crippen LogP contribution in [-0.2, 0) is 27.9 Å². The van der Waals surface area contributed by atoms with Crippen molar-refractivity contribution in [2.24, 2.45) is 10.9 Å². The summed E-state index contributed by atoms with van der Waals surface area (Å²) >= 11 is 12.2. The van der Waals surface area contributed by atoms with Crippen LogP contribution in [0, 0.1) is 0 Å². The number of halogens is 2. The first-order valence-corrected chi connectivity index (χ1v) is 12.1. The Morgan fingerprint density at radius 2 is 1.84 bits per heavy atom. The molecule has 5 N–H and O–H groups in total. The Hall–Kier alpha value is -2.43. The number of primary sulfonamides is 1. The standard InChI is InChI=1S/C21H21Cl2N5O3S/c22-17-6-3-13(9-18(17)23)15(7-8-24)21(29)28-10-16-19(11-28)26-27-20(16)12-1-4-14(5-2-12)32(25,30)31/h1-6,9,15H,7-8,10-11,24H2,(H,26,27)(H2,25,30,31). The molecule has 32 heavy (non-hydrogen) atoms. The van der Waals surface area contributed by atoms with Gasteiger partial charge < -0.3 is 10.6 Å². The summed E-state index contributed by atoms with van der Waals surface area (Å²) in [5.41, 5.74) is 9.67. The molecule has 8 nitrogen and oxygen atoms in total. The van der Waals surface area contributed by atoms with Crippen molar-refractivity contribution in [3.05, 3.63) is 69.3 Å². The number of nitrogens with two attached hydrogens (primary N) is 2. The maximum Gasteiger partial charge on any atom is 0.238 e. The van der Waals surface area contributed by atoms with Gasteiger partial charge in [-0.05, 0) is 42.8 Å². The molecule has 0 aliphatic carbocycles. The number of nitrogens with one attached hydrogen (secondary N) is 1. The Labute approximate surface area is 195 Å². The average molecular weight is 494 g/mol. The molecule has 1 amide bonds. The van der Waals surface area contributed by atoms with E-state index in [1.165, 1.54) is 12.1 Å². The van der Waals surface area contributed by atoms with Gasteiger partial charge in [-0.25, -0.2) is 13.6 Å². The molecule has 4 rings (SSSR count). The highest BCUT2D eigenvalue weighted by molar-refractivity contribution is 7.89. The number of sulfonamides is 1. The van der Waals surface area contributed by atoms with Gasteiger partial charge in [0.1, 0.15) is 0 Å². The Morgan fingerprint density at radius 3 is 2.47 bits per heavy atom. The number of hydrogen-bond acceptors (Lipinski definition) is 5. The topological polar surface area (TPSA) is 135 Å². The van der Waals surface area contributed by atoms with Crippen LogP contribution < -0.4 is 10.9 Å². The van der Waals surface area contributed by atoms with Crippen molar-refractivity contribution in [3.63, 3.8) is 0 Å². The smallest absolute Gasteiger partial charge is 0.238 e. The fourth-order valence-corrected chi connectivity index (χ4v) is 4.71. The summed E-state index contributed by atoms with van der Waals surface area (Å²) in [5.74, 6) is -0.502. The summed E-state index contributed by atoms with van der Waals surface area (Å²) in [5, 5.41) is 13.3. The van der Waals surface area contributed by atoms with Crippen LogP contribution in [-0.4, -0.2) is 36.0 Å². The number of nitrogens with zero attached hydrogens (tertiary/aromatic N) is 2. The van der Waals surface area contributed by atoms with Crippen LogP contribution >= 0.6 is 23.2 Å². The van der Waals surface area contributed by atoms with Gasteiger partial charge in [-0.3, -0.25) is 9.89 Å². The van der Waals surface area contributed by atoms with Crippen LogP contribution in [0.4, 0.5) is 0 Å². The van der Waals surface area contributed by atoms with Crippen molar-refractivity contribution < 1.29 is 13.2 Å². The molecule has 11 heteroatoms. The van der Waals surface area contributed by atoms with Gasteiger partial charge in [0, 0.05) is 11.1 Å². The minimum Gasteiger partial charge on any atom is -0.332 e. The van der Waals surface area contributed by atoms with Crippen LogP contribution in [0.2, 0.25) is 10.0 Å². The van der Waals surface area contributed by atoms with Crippen LogP contribution in [0.1, 0.15) is 29.2 Å². The Bertz CT molecular complexity index is 1280. The molecule has 1 atom stereocenters. The van der Waals surface area contributed by atoms with E-state index in [1.807, 2.05) is 0 Å². The number of benzene rings is 2. The second-order valence-electron chi connectivity index (χ2n) is 7.60. The largest absolute Gasteiger partial charge is 0.332 e. The molecule has 1 aliphatic heterocycles. The fourth-order valence-electron chi connectivity index (χ4n) is 3.89. The van der Waals surface area contributed by atoms with E-state index in [2.05, 4.69) is 10.2 Å². The van der Waals surface area contributed by atoms with Gasteiger partial charge in [-0.15, -0.1) is 0 Å². The normalized spacial score (nSPS) is 14.4. The summed E-state index contributed by atoms with van der Waals surface area (Å²) < 4.78 is 23.0. The lowest BCUT2D eigenvalue weighted by Gasteiger charge is -2.23. The third-order valence-corrected chi connectivity index (χ3v) is 7.19. The minimum atomic E-state index is -3.78. The predicted octanol–water partition coefficient (Wildman–Crippen LogP) is 3.01. The van der Waals surface area contributed by atoms with Crippen molar-refractivity contribution >= 4 is 39.1 Å². The van der Waals surface area contributed by atoms with Crippen LogP contribution in [0.3, 0.4) is 0 Å². The maximum absolute atomic E-state index is 13.4. The van der Waals surface area contributed by atoms with E-state index in [0.29, 0.717) is 41.8 Å². The Morgan fingerprint density at radius 1 is 1.12 bits per heavy atom. The lowest BCUT2D eigenvalue weighted by atomic mass is 9.94. The second kappa shape index (κ2) is 8.84. The molecule has 0 radical (unpaired) electrons. The Balaban J connectivity index is 1.58. The molecule has 0 saturated carbocycles. The highest BCUT2D eigenvalue weighted by Crippen LogP contribution is 2.35. The van der Waals surface area contributed by atoms with E-state index in [4.69, 9.17) is 34.1 Å². The highest BCUT2D eigenvalue weighted by atomic mass is 35.5. The van der Waals surface area contributed by atoms with E-state index in [9.17, 15) is 13.2 Å². The number of rotatable bonds is 6. The van der Waals surface area contributed by atoms with Gasteiger partial charge in [0.05, 0.1) is 45.3 Å². The van der Waals surface area contributed by atoms with Crippen molar-refractivity contribution in [1.29, 1.82) is 0 Å². The van der Waals surface area contributed by atoms with Crippen molar-refractivity contribution in [2.45, 2.75) is 30.3 Å². The highest BCUT2D eigenvalue weighted by Gasteiger charge is 2.33. The SMILES string of the molecule is NCCC(C(=O)N1Cc2[nH]nc(-c3ccc(S(N)(=O)=O)cc3)c2C1)c1ccc(Cl)c(Cl)c1. The molecule has 0 fully saturated rings. The van der Waals surface area contributed by atoms with E-state index in [0.717, 1.165) is 22.4 Å². The van der Waals surface area contributed by atoms with Gasteiger partial charge in [0.25, 0.3) is 0 Å². The number of amides is 1. The lowest BCUT2D eigenvalue weighted by Crippen LogP contribution is -2.32. The molecule has 1 aromatic heterocycles. The summed E-state index contributed by atoms with van der Waals surface area (Å²) in [7, 11) is -3.78. The van der Waals surface area contributed by atoms with Gasteiger partial charge in [0.15, 0.2) is 0 Å². The summed E-state index contributed by atoms with van der Waals surface area (Å²) in [6.07, 6.45) is 0.474. The molecule has 3 aromatic rings. The first-order chi connectivity index (χ1) is 15.2. The maximum atomic E-state index is 13.4. The molecule has 1 aliphatic rings. The summed E-state index contributed by atoms with van der Waals surface area (Å²) in [6.45, 7) is 1.11. The molecular formula is C21H21Cl2N5O3S. The van der Waals surface area contributed by atoms with E-state index >= 15 is 0 Å². The van der Waals surface area contributed by atoms with Gasteiger partial charge >= 0.3 is 0 Å². The first kappa shape index (κ1) is 22.8. The van der Waals surface area contributed by atoms with E-state index < -0.39 is 15.9 Å². The third-order valence-electron chi connectivity index (χ3n) is 5.52. The van der Waals surface area contributed by atoms with E-state index in [1.54, 1.807) is 35.2 Å². The molecule has 1 unspecified atom stereocenters. The zero-order valence-corrected chi connectivity index (χ0v) is 19.2.